The van der Waals surface area contributed by atoms with Crippen LogP contribution in [0.5, 0.6) is 5.75 Å². The van der Waals surface area contributed by atoms with Gasteiger partial charge < -0.3 is 9.30 Å². The van der Waals surface area contributed by atoms with Crippen LogP contribution in [0.3, 0.4) is 0 Å². The molecule has 2 heterocycles. The molecule has 23 heavy (non-hydrogen) atoms. The Morgan fingerprint density at radius 2 is 2.39 bits per heavy atom. The number of methoxy groups -OCH3 is 1. The molecular weight excluding hydrogens is 314 g/mol. The fourth-order valence-electron chi connectivity index (χ4n) is 2.10. The highest BCUT2D eigenvalue weighted by Gasteiger charge is 2.09. The minimum absolute atomic E-state index is 0.0353. The normalized spacial score (nSPS) is 11.6. The van der Waals surface area contributed by atoms with Crippen LogP contribution in [-0.2, 0) is 17.9 Å². The Morgan fingerprint density at radius 1 is 1.52 bits per heavy atom. The Morgan fingerprint density at radius 3 is 3.09 bits per heavy atom. The van der Waals surface area contributed by atoms with Gasteiger partial charge in [-0.2, -0.15) is 10.1 Å². The molecule has 0 spiro atoms. The van der Waals surface area contributed by atoms with Gasteiger partial charge in [-0.05, 0) is 18.2 Å². The Balaban J connectivity index is 2.04. The highest BCUT2D eigenvalue weighted by molar-refractivity contribution is 7.16. The van der Waals surface area contributed by atoms with Crippen molar-refractivity contribution in [1.82, 2.24) is 19.3 Å². The number of hydrogen-bond donors (Lipinski definition) is 0. The Labute approximate surface area is 135 Å². The Hall–Kier alpha value is -2.92. The monoisotopic (exact) mass is 327 g/mol. The summed E-state index contributed by atoms with van der Waals surface area (Å²) >= 11 is 1.39. The van der Waals surface area contributed by atoms with E-state index in [-0.39, 0.29) is 12.5 Å². The summed E-state index contributed by atoms with van der Waals surface area (Å²) in [6.45, 7) is 0.370. The van der Waals surface area contributed by atoms with E-state index in [0.717, 1.165) is 16.0 Å². The molecule has 0 aliphatic rings. The number of amides is 1. The first kappa shape index (κ1) is 15.0. The molecule has 0 fully saturated rings. The van der Waals surface area contributed by atoms with Crippen molar-refractivity contribution >= 4 is 27.5 Å². The van der Waals surface area contributed by atoms with Gasteiger partial charge in [0.15, 0.2) is 4.80 Å². The Bertz CT molecular complexity index is 947. The smallest absolute Gasteiger partial charge is 0.270 e. The molecule has 2 aromatic heterocycles. The van der Waals surface area contributed by atoms with Gasteiger partial charge in [-0.25, -0.2) is 9.67 Å². The number of ether oxygens (including phenoxy) is 1. The van der Waals surface area contributed by atoms with Gasteiger partial charge >= 0.3 is 0 Å². The van der Waals surface area contributed by atoms with E-state index in [1.165, 1.54) is 28.7 Å². The molecule has 0 atom stereocenters. The molecule has 7 nitrogen and oxygen atoms in total. The van der Waals surface area contributed by atoms with Gasteiger partial charge in [0.1, 0.15) is 24.9 Å². The van der Waals surface area contributed by atoms with Crippen LogP contribution in [0.1, 0.15) is 0 Å². The minimum atomic E-state index is -0.320. The first-order valence-electron chi connectivity index (χ1n) is 6.72. The fraction of sp³-hybridized carbons (Fsp3) is 0.200. The number of thiazole rings is 1. The maximum atomic E-state index is 12.1. The van der Waals surface area contributed by atoms with Crippen molar-refractivity contribution in [2.24, 2.45) is 4.99 Å². The van der Waals surface area contributed by atoms with Gasteiger partial charge in [0.25, 0.3) is 5.91 Å². The van der Waals surface area contributed by atoms with Gasteiger partial charge in [0, 0.05) is 0 Å². The lowest BCUT2D eigenvalue weighted by Gasteiger charge is -2.01. The largest absolute Gasteiger partial charge is 0.497 e. The lowest BCUT2D eigenvalue weighted by molar-refractivity contribution is -0.118. The third-order valence-corrected chi connectivity index (χ3v) is 4.16. The molecule has 3 rings (SSSR count). The number of fused-ring (bicyclic) bond motifs is 1. The third kappa shape index (κ3) is 3.14. The molecule has 0 saturated heterocycles. The lowest BCUT2D eigenvalue weighted by Crippen LogP contribution is -2.18. The van der Waals surface area contributed by atoms with E-state index in [4.69, 9.17) is 11.2 Å². The van der Waals surface area contributed by atoms with Crippen molar-refractivity contribution in [3.63, 3.8) is 0 Å². The van der Waals surface area contributed by atoms with E-state index < -0.39 is 0 Å². The van der Waals surface area contributed by atoms with Crippen LogP contribution in [0, 0.1) is 12.3 Å². The van der Waals surface area contributed by atoms with Gasteiger partial charge in [0.05, 0.1) is 23.9 Å². The quantitative estimate of drug-likeness (QED) is 0.672. The fourth-order valence-corrected chi connectivity index (χ4v) is 3.18. The summed E-state index contributed by atoms with van der Waals surface area (Å²) in [6, 6.07) is 5.65. The molecule has 8 heteroatoms. The highest BCUT2D eigenvalue weighted by Crippen LogP contribution is 2.23. The van der Waals surface area contributed by atoms with Gasteiger partial charge in [-0.3, -0.25) is 4.79 Å². The molecule has 1 amide bonds. The number of carbonyl (C=O) groups excluding carboxylic acids is 1. The van der Waals surface area contributed by atoms with Crippen molar-refractivity contribution in [1.29, 1.82) is 0 Å². The molecule has 0 aliphatic heterocycles. The maximum absolute atomic E-state index is 12.1. The van der Waals surface area contributed by atoms with E-state index in [1.54, 1.807) is 7.11 Å². The summed E-state index contributed by atoms with van der Waals surface area (Å²) in [5, 5.41) is 3.89. The molecule has 0 bridgehead atoms. The molecule has 3 aromatic rings. The van der Waals surface area contributed by atoms with Crippen molar-refractivity contribution < 1.29 is 9.53 Å². The molecule has 0 unspecified atom stereocenters. The van der Waals surface area contributed by atoms with E-state index >= 15 is 0 Å². The van der Waals surface area contributed by atoms with Crippen LogP contribution in [-0.4, -0.2) is 32.3 Å². The van der Waals surface area contributed by atoms with Crippen LogP contribution in [0.15, 0.2) is 35.8 Å². The van der Waals surface area contributed by atoms with E-state index in [2.05, 4.69) is 21.0 Å². The van der Waals surface area contributed by atoms with Gasteiger partial charge in [0.2, 0.25) is 0 Å². The van der Waals surface area contributed by atoms with Crippen molar-refractivity contribution in [2.75, 3.05) is 7.11 Å². The summed E-state index contributed by atoms with van der Waals surface area (Å²) in [5.74, 6) is 3.01. The zero-order valence-corrected chi connectivity index (χ0v) is 13.2. The van der Waals surface area contributed by atoms with Gasteiger partial charge in [-0.1, -0.05) is 17.3 Å². The zero-order chi connectivity index (χ0) is 16.2. The number of carbonyl (C=O) groups is 1. The molecule has 1 aromatic carbocycles. The van der Waals surface area contributed by atoms with E-state index in [1.807, 2.05) is 22.8 Å². The Kier molecular flexibility index (Phi) is 4.21. The first-order chi connectivity index (χ1) is 11.2. The second-order valence-corrected chi connectivity index (χ2v) is 5.62. The summed E-state index contributed by atoms with van der Waals surface area (Å²) < 4.78 is 9.43. The summed E-state index contributed by atoms with van der Waals surface area (Å²) in [5.41, 5.74) is 0.918. The number of aromatic nitrogens is 4. The zero-order valence-electron chi connectivity index (χ0n) is 12.3. The van der Waals surface area contributed by atoms with Gasteiger partial charge in [-0.15, -0.1) is 6.42 Å². The van der Waals surface area contributed by atoms with Crippen molar-refractivity contribution in [2.45, 2.75) is 13.1 Å². The van der Waals surface area contributed by atoms with E-state index in [0.29, 0.717) is 11.3 Å². The molecule has 0 aliphatic carbocycles. The number of benzene rings is 1. The SMILES string of the molecule is C#CCn1c(=NC(=O)Cn2cncn2)sc2cc(OC)ccc21. The summed E-state index contributed by atoms with van der Waals surface area (Å²) in [4.78, 5) is 20.6. The van der Waals surface area contributed by atoms with Crippen LogP contribution in [0.2, 0.25) is 0 Å². The molecule has 0 N–H and O–H groups in total. The average Bonchev–Trinajstić information content (AvgIpc) is 3.15. The summed E-state index contributed by atoms with van der Waals surface area (Å²) in [7, 11) is 1.61. The van der Waals surface area contributed by atoms with Crippen molar-refractivity contribution in [3.8, 4) is 18.1 Å². The maximum Gasteiger partial charge on any atom is 0.270 e. The molecule has 116 valence electrons. The number of rotatable bonds is 4. The summed E-state index contributed by atoms with van der Waals surface area (Å²) in [6.07, 6.45) is 8.28. The lowest BCUT2D eigenvalue weighted by atomic mass is 10.3. The van der Waals surface area contributed by atoms with Crippen molar-refractivity contribution in [3.05, 3.63) is 35.7 Å². The van der Waals surface area contributed by atoms with Crippen LogP contribution < -0.4 is 9.54 Å². The predicted molar refractivity (Wildman–Crippen MR) is 85.8 cm³/mol. The first-order valence-corrected chi connectivity index (χ1v) is 7.53. The highest BCUT2D eigenvalue weighted by atomic mass is 32.1. The number of hydrogen-bond acceptors (Lipinski definition) is 5. The standard InChI is InChI=1S/C15H13N5O2S/c1-3-6-20-12-5-4-11(22-2)7-13(12)23-15(20)18-14(21)8-19-10-16-9-17-19/h1,4-5,7,9-10H,6,8H2,2H3. The molecule has 0 saturated carbocycles. The average molecular weight is 327 g/mol. The second kappa shape index (κ2) is 6.46. The van der Waals surface area contributed by atoms with Crippen LogP contribution in [0.25, 0.3) is 10.2 Å². The van der Waals surface area contributed by atoms with Crippen LogP contribution in [0.4, 0.5) is 0 Å². The topological polar surface area (TPSA) is 74.3 Å². The predicted octanol–water partition coefficient (Wildman–Crippen LogP) is 1.06. The van der Waals surface area contributed by atoms with E-state index in [9.17, 15) is 4.79 Å². The second-order valence-electron chi connectivity index (χ2n) is 4.61. The molecular formula is C15H13N5O2S. The minimum Gasteiger partial charge on any atom is -0.497 e. The van der Waals surface area contributed by atoms with Crippen LogP contribution >= 0.6 is 11.3 Å². The number of nitrogens with zero attached hydrogens (tertiary/aromatic N) is 5. The number of terminal acetylenes is 1. The molecule has 0 radical (unpaired) electrons. The third-order valence-electron chi connectivity index (χ3n) is 3.12.